The molecule has 110 valence electrons. The molecular weight excluding hydrogens is 254 g/mol. The van der Waals surface area contributed by atoms with Crippen molar-refractivity contribution in [1.29, 1.82) is 0 Å². The molecule has 0 atom stereocenters. The first-order valence-electron chi connectivity index (χ1n) is 7.18. The fraction of sp³-hybridized carbons (Fsp3) is 0.533. The van der Waals surface area contributed by atoms with Gasteiger partial charge in [-0.15, -0.1) is 0 Å². The van der Waals surface area contributed by atoms with Gasteiger partial charge in [0.2, 0.25) is 5.91 Å². The predicted octanol–water partition coefficient (Wildman–Crippen LogP) is 1.17. The number of nitrogens with zero attached hydrogens (tertiary/aromatic N) is 1. The van der Waals surface area contributed by atoms with Crippen LogP contribution in [0.3, 0.4) is 0 Å². The van der Waals surface area contributed by atoms with Gasteiger partial charge in [0.05, 0.1) is 24.6 Å². The third-order valence-corrected chi connectivity index (χ3v) is 3.46. The van der Waals surface area contributed by atoms with Crippen molar-refractivity contribution in [2.24, 2.45) is 0 Å². The number of hydrogen-bond donors (Lipinski definition) is 2. The van der Waals surface area contributed by atoms with Gasteiger partial charge in [0.15, 0.2) is 0 Å². The van der Waals surface area contributed by atoms with Crippen molar-refractivity contribution in [2.75, 3.05) is 43.5 Å². The van der Waals surface area contributed by atoms with E-state index in [4.69, 9.17) is 10.5 Å². The van der Waals surface area contributed by atoms with Crippen LogP contribution in [-0.4, -0.2) is 38.8 Å². The summed E-state index contributed by atoms with van der Waals surface area (Å²) in [5, 5.41) is 2.80. The van der Waals surface area contributed by atoms with E-state index in [0.717, 1.165) is 49.7 Å². The van der Waals surface area contributed by atoms with Crippen molar-refractivity contribution in [1.82, 2.24) is 5.32 Å². The number of hydrogen-bond acceptors (Lipinski definition) is 4. The molecule has 5 nitrogen and oxygen atoms in total. The van der Waals surface area contributed by atoms with Crippen LogP contribution in [-0.2, 0) is 16.0 Å². The minimum absolute atomic E-state index is 0.0864. The highest BCUT2D eigenvalue weighted by Gasteiger charge is 2.14. The standard InChI is InChI=1S/C15H23N3O2/c1-2-17-15(19)6-4-12-3-5-14(13(16)11-12)18-7-9-20-10-8-18/h3,5,11H,2,4,6-10,16H2,1H3,(H,17,19). The van der Waals surface area contributed by atoms with Gasteiger partial charge < -0.3 is 20.7 Å². The molecule has 20 heavy (non-hydrogen) atoms. The number of rotatable bonds is 5. The second kappa shape index (κ2) is 7.14. The molecule has 1 heterocycles. The van der Waals surface area contributed by atoms with Gasteiger partial charge in [-0.25, -0.2) is 0 Å². The summed E-state index contributed by atoms with van der Waals surface area (Å²) in [6.45, 7) is 5.85. The molecule has 0 aromatic heterocycles. The van der Waals surface area contributed by atoms with Gasteiger partial charge in [-0.3, -0.25) is 4.79 Å². The number of nitrogens with one attached hydrogen (secondary N) is 1. The Kier molecular flexibility index (Phi) is 5.24. The quantitative estimate of drug-likeness (QED) is 0.793. The number of carbonyl (C=O) groups excluding carboxylic acids is 1. The second-order valence-corrected chi connectivity index (χ2v) is 4.95. The van der Waals surface area contributed by atoms with Gasteiger partial charge in [-0.05, 0) is 31.0 Å². The van der Waals surface area contributed by atoms with Crippen LogP contribution in [0.4, 0.5) is 11.4 Å². The molecule has 1 aromatic rings. The van der Waals surface area contributed by atoms with E-state index >= 15 is 0 Å². The molecule has 5 heteroatoms. The maximum Gasteiger partial charge on any atom is 0.220 e. The molecule has 1 aliphatic rings. The molecule has 0 radical (unpaired) electrons. The van der Waals surface area contributed by atoms with Gasteiger partial charge >= 0.3 is 0 Å². The molecule has 0 unspecified atom stereocenters. The Balaban J connectivity index is 1.96. The Labute approximate surface area is 120 Å². The highest BCUT2D eigenvalue weighted by Crippen LogP contribution is 2.25. The molecule has 1 aromatic carbocycles. The lowest BCUT2D eigenvalue weighted by molar-refractivity contribution is -0.120. The van der Waals surface area contributed by atoms with Crippen molar-refractivity contribution in [2.45, 2.75) is 19.8 Å². The molecule has 1 saturated heterocycles. The molecule has 2 rings (SSSR count). The number of amides is 1. The van der Waals surface area contributed by atoms with Gasteiger partial charge in [-0.2, -0.15) is 0 Å². The largest absolute Gasteiger partial charge is 0.397 e. The first kappa shape index (κ1) is 14.7. The Morgan fingerprint density at radius 3 is 2.80 bits per heavy atom. The maximum absolute atomic E-state index is 11.5. The summed E-state index contributed by atoms with van der Waals surface area (Å²) in [7, 11) is 0. The first-order chi connectivity index (χ1) is 9.70. The molecule has 1 aliphatic heterocycles. The van der Waals surface area contributed by atoms with E-state index < -0.39 is 0 Å². The molecule has 0 aliphatic carbocycles. The Morgan fingerprint density at radius 2 is 2.15 bits per heavy atom. The zero-order valence-electron chi connectivity index (χ0n) is 12.0. The van der Waals surface area contributed by atoms with Crippen LogP contribution >= 0.6 is 0 Å². The molecule has 0 spiro atoms. The fourth-order valence-corrected chi connectivity index (χ4v) is 2.40. The van der Waals surface area contributed by atoms with Crippen LogP contribution in [0.25, 0.3) is 0 Å². The Morgan fingerprint density at radius 1 is 1.40 bits per heavy atom. The maximum atomic E-state index is 11.5. The molecule has 0 bridgehead atoms. The first-order valence-corrected chi connectivity index (χ1v) is 7.18. The second-order valence-electron chi connectivity index (χ2n) is 4.95. The molecule has 0 saturated carbocycles. The number of carbonyl (C=O) groups is 1. The van der Waals surface area contributed by atoms with Gasteiger partial charge in [-0.1, -0.05) is 6.07 Å². The average Bonchev–Trinajstić information content (AvgIpc) is 2.46. The van der Waals surface area contributed by atoms with E-state index in [1.807, 2.05) is 19.1 Å². The lowest BCUT2D eigenvalue weighted by Crippen LogP contribution is -2.36. The Hall–Kier alpha value is -1.75. The fourth-order valence-electron chi connectivity index (χ4n) is 2.40. The van der Waals surface area contributed by atoms with Crippen LogP contribution in [0.5, 0.6) is 0 Å². The topological polar surface area (TPSA) is 67.6 Å². The average molecular weight is 277 g/mol. The van der Waals surface area contributed by atoms with Crippen LogP contribution < -0.4 is 16.0 Å². The van der Waals surface area contributed by atoms with Crippen molar-refractivity contribution >= 4 is 17.3 Å². The Bertz CT molecular complexity index is 456. The van der Waals surface area contributed by atoms with Crippen LogP contribution in [0.15, 0.2) is 18.2 Å². The summed E-state index contributed by atoms with van der Waals surface area (Å²) in [5.74, 6) is 0.0864. The number of morpholine rings is 1. The normalized spacial score (nSPS) is 15.2. The molecule has 3 N–H and O–H groups in total. The summed E-state index contributed by atoms with van der Waals surface area (Å²) in [6, 6.07) is 6.08. The number of aryl methyl sites for hydroxylation is 1. The van der Waals surface area contributed by atoms with E-state index in [0.29, 0.717) is 13.0 Å². The highest BCUT2D eigenvalue weighted by atomic mass is 16.5. The monoisotopic (exact) mass is 277 g/mol. The van der Waals surface area contributed by atoms with E-state index in [1.54, 1.807) is 0 Å². The minimum Gasteiger partial charge on any atom is -0.397 e. The number of nitrogen functional groups attached to an aromatic ring is 1. The van der Waals surface area contributed by atoms with Gasteiger partial charge in [0, 0.05) is 26.1 Å². The van der Waals surface area contributed by atoms with Crippen molar-refractivity contribution in [3.05, 3.63) is 23.8 Å². The summed E-state index contributed by atoms with van der Waals surface area (Å²) < 4.78 is 5.35. The predicted molar refractivity (Wildman–Crippen MR) is 80.9 cm³/mol. The minimum atomic E-state index is 0.0864. The third-order valence-electron chi connectivity index (χ3n) is 3.46. The summed E-state index contributed by atoms with van der Waals surface area (Å²) >= 11 is 0. The zero-order valence-corrected chi connectivity index (χ0v) is 12.0. The summed E-state index contributed by atoms with van der Waals surface area (Å²) in [6.07, 6.45) is 1.23. The number of ether oxygens (including phenoxy) is 1. The lowest BCUT2D eigenvalue weighted by Gasteiger charge is -2.30. The number of anilines is 2. The van der Waals surface area contributed by atoms with Gasteiger partial charge in [0.1, 0.15) is 0 Å². The summed E-state index contributed by atoms with van der Waals surface area (Å²) in [4.78, 5) is 13.7. The van der Waals surface area contributed by atoms with Crippen LogP contribution in [0.2, 0.25) is 0 Å². The third kappa shape index (κ3) is 3.87. The number of nitrogens with two attached hydrogens (primary N) is 1. The van der Waals surface area contributed by atoms with Crippen LogP contribution in [0.1, 0.15) is 18.9 Å². The van der Waals surface area contributed by atoms with Gasteiger partial charge in [0.25, 0.3) is 0 Å². The van der Waals surface area contributed by atoms with Crippen molar-refractivity contribution in [3.8, 4) is 0 Å². The van der Waals surface area contributed by atoms with E-state index in [-0.39, 0.29) is 5.91 Å². The highest BCUT2D eigenvalue weighted by molar-refractivity contribution is 5.76. The van der Waals surface area contributed by atoms with E-state index in [9.17, 15) is 4.79 Å². The molecular formula is C15H23N3O2. The lowest BCUT2D eigenvalue weighted by atomic mass is 10.1. The van der Waals surface area contributed by atoms with Crippen molar-refractivity contribution in [3.63, 3.8) is 0 Å². The molecule has 1 fully saturated rings. The smallest absolute Gasteiger partial charge is 0.220 e. The van der Waals surface area contributed by atoms with Crippen molar-refractivity contribution < 1.29 is 9.53 Å². The zero-order chi connectivity index (χ0) is 14.4. The van der Waals surface area contributed by atoms with Crippen LogP contribution in [0, 0.1) is 0 Å². The summed E-state index contributed by atoms with van der Waals surface area (Å²) in [5.41, 5.74) is 9.08. The van der Waals surface area contributed by atoms with E-state index in [1.165, 1.54) is 0 Å². The van der Waals surface area contributed by atoms with E-state index in [2.05, 4.69) is 16.3 Å². The molecule has 1 amide bonds. The SMILES string of the molecule is CCNC(=O)CCc1ccc(N2CCOCC2)c(N)c1. The number of benzene rings is 1.